The minimum absolute atomic E-state index is 0.393. The van der Waals surface area contributed by atoms with Gasteiger partial charge in [0.2, 0.25) is 0 Å². The van der Waals surface area contributed by atoms with Crippen LogP contribution in [0.1, 0.15) is 25.0 Å². The number of carbonyl (C=O) groups is 1. The zero-order valence-corrected chi connectivity index (χ0v) is 21.5. The highest BCUT2D eigenvalue weighted by Crippen LogP contribution is 2.34. The minimum atomic E-state index is -0.393. The van der Waals surface area contributed by atoms with Crippen LogP contribution in [0, 0.1) is 0 Å². The predicted molar refractivity (Wildman–Crippen MR) is 146 cm³/mol. The fraction of sp³-hybridized carbons (Fsp3) is 0.148. The second-order valence-electron chi connectivity index (χ2n) is 7.83. The molecule has 0 bridgehead atoms. The number of urea groups is 1. The summed E-state index contributed by atoms with van der Waals surface area (Å²) < 4.78 is 0. The topological polar surface area (TPSA) is 66.9 Å². The lowest BCUT2D eigenvalue weighted by atomic mass is 10.0. The van der Waals surface area contributed by atoms with Crippen LogP contribution in [0.25, 0.3) is 22.6 Å². The second-order valence-corrected chi connectivity index (χ2v) is 9.11. The van der Waals surface area contributed by atoms with E-state index in [1.54, 1.807) is 30.5 Å². The molecule has 0 saturated heterocycles. The fourth-order valence-corrected chi connectivity index (χ4v) is 4.58. The van der Waals surface area contributed by atoms with Crippen LogP contribution in [0.2, 0.25) is 15.1 Å². The summed E-state index contributed by atoms with van der Waals surface area (Å²) in [5.41, 5.74) is 5.15. The highest BCUT2D eigenvalue weighted by molar-refractivity contribution is 6.35. The normalized spacial score (nSPS) is 10.8. The number of hydrogen-bond donors (Lipinski definition) is 2. The molecule has 3 aromatic carbocycles. The number of anilines is 2. The smallest absolute Gasteiger partial charge is 0.307 e. The van der Waals surface area contributed by atoms with Gasteiger partial charge in [-0.25, -0.2) is 14.8 Å². The van der Waals surface area contributed by atoms with Crippen LogP contribution in [0.5, 0.6) is 0 Å². The molecule has 0 atom stereocenters. The third kappa shape index (κ3) is 5.76. The van der Waals surface area contributed by atoms with Crippen LogP contribution in [-0.2, 0) is 12.8 Å². The van der Waals surface area contributed by atoms with Gasteiger partial charge >= 0.3 is 6.03 Å². The van der Waals surface area contributed by atoms with Crippen LogP contribution in [-0.4, -0.2) is 16.0 Å². The standard InChI is InChI=1S/C27H23Cl3N4O/c1-3-16-8-7-9-17(4-2)24(16)34-27(35)32-23-15-31-26(18-12-19(28)14-20(29)13-18)33-25(23)21-10-5-6-11-22(21)30/h5-15H,3-4H2,1-2H3,(H2,32,34,35). The molecule has 0 aliphatic heterocycles. The number of benzene rings is 3. The molecule has 0 spiro atoms. The Bertz CT molecular complexity index is 1350. The summed E-state index contributed by atoms with van der Waals surface area (Å²) in [5.74, 6) is 0.403. The predicted octanol–water partition coefficient (Wildman–Crippen LogP) is 8.54. The van der Waals surface area contributed by atoms with Crippen molar-refractivity contribution in [1.82, 2.24) is 9.97 Å². The molecule has 2 N–H and O–H groups in total. The van der Waals surface area contributed by atoms with E-state index in [1.165, 1.54) is 0 Å². The Balaban J connectivity index is 1.74. The maximum atomic E-state index is 13.1. The van der Waals surface area contributed by atoms with Crippen LogP contribution in [0.3, 0.4) is 0 Å². The molecular weight excluding hydrogens is 503 g/mol. The molecule has 178 valence electrons. The molecule has 2 amide bonds. The molecule has 0 saturated carbocycles. The Morgan fingerprint density at radius 1 is 0.857 bits per heavy atom. The Kier molecular flexibility index (Phi) is 7.91. The van der Waals surface area contributed by atoms with Crippen molar-refractivity contribution in [2.45, 2.75) is 26.7 Å². The monoisotopic (exact) mass is 524 g/mol. The summed E-state index contributed by atoms with van der Waals surface area (Å²) in [7, 11) is 0. The third-order valence-electron chi connectivity index (χ3n) is 5.52. The maximum absolute atomic E-state index is 13.1. The summed E-state index contributed by atoms with van der Waals surface area (Å²) in [6, 6.07) is 18.0. The molecule has 35 heavy (non-hydrogen) atoms. The quantitative estimate of drug-likeness (QED) is 0.265. The molecule has 0 unspecified atom stereocenters. The summed E-state index contributed by atoms with van der Waals surface area (Å²) in [6.45, 7) is 4.12. The molecule has 1 heterocycles. The number of hydrogen-bond acceptors (Lipinski definition) is 3. The highest BCUT2D eigenvalue weighted by atomic mass is 35.5. The number of aryl methyl sites for hydroxylation is 2. The first-order chi connectivity index (χ1) is 16.9. The Hall–Kier alpha value is -3.12. The van der Waals surface area contributed by atoms with Gasteiger partial charge in [0.1, 0.15) is 0 Å². The lowest BCUT2D eigenvalue weighted by Gasteiger charge is -2.17. The summed E-state index contributed by atoms with van der Waals surface area (Å²) in [5, 5.41) is 7.35. The first kappa shape index (κ1) is 25.0. The first-order valence-corrected chi connectivity index (χ1v) is 12.3. The molecule has 4 rings (SSSR count). The summed E-state index contributed by atoms with van der Waals surface area (Å²) in [4.78, 5) is 22.3. The molecular formula is C27H23Cl3N4O. The summed E-state index contributed by atoms with van der Waals surface area (Å²) >= 11 is 18.9. The summed E-state index contributed by atoms with van der Waals surface area (Å²) in [6.07, 6.45) is 3.16. The number of aromatic nitrogens is 2. The van der Waals surface area contributed by atoms with Gasteiger partial charge in [0, 0.05) is 26.9 Å². The third-order valence-corrected chi connectivity index (χ3v) is 6.29. The van der Waals surface area contributed by atoms with Crippen LogP contribution in [0.15, 0.2) is 66.9 Å². The van der Waals surface area contributed by atoms with Gasteiger partial charge in [-0.1, -0.05) is 85.0 Å². The van der Waals surface area contributed by atoms with E-state index < -0.39 is 6.03 Å². The highest BCUT2D eigenvalue weighted by Gasteiger charge is 2.17. The van der Waals surface area contributed by atoms with Crippen molar-refractivity contribution < 1.29 is 4.79 Å². The van der Waals surface area contributed by atoms with Crippen molar-refractivity contribution in [3.63, 3.8) is 0 Å². The van der Waals surface area contributed by atoms with Gasteiger partial charge in [-0.3, -0.25) is 0 Å². The second kappa shape index (κ2) is 11.1. The minimum Gasteiger partial charge on any atom is -0.307 e. The number of carbonyl (C=O) groups excluding carboxylic acids is 1. The molecule has 0 fully saturated rings. The van der Waals surface area contributed by atoms with Gasteiger partial charge in [-0.15, -0.1) is 0 Å². The van der Waals surface area contributed by atoms with Crippen molar-refractivity contribution in [3.05, 3.63) is 93.1 Å². The van der Waals surface area contributed by atoms with Gasteiger partial charge in [0.05, 0.1) is 22.6 Å². The van der Waals surface area contributed by atoms with Gasteiger partial charge < -0.3 is 10.6 Å². The van der Waals surface area contributed by atoms with Crippen molar-refractivity contribution >= 4 is 52.2 Å². The molecule has 4 aromatic rings. The van der Waals surface area contributed by atoms with E-state index in [1.807, 2.05) is 36.4 Å². The number of rotatable bonds is 6. The van der Waals surface area contributed by atoms with Crippen molar-refractivity contribution in [1.29, 1.82) is 0 Å². The number of para-hydroxylation sites is 1. The van der Waals surface area contributed by atoms with Crippen molar-refractivity contribution in [3.8, 4) is 22.6 Å². The van der Waals surface area contributed by atoms with E-state index >= 15 is 0 Å². The van der Waals surface area contributed by atoms with Crippen LogP contribution < -0.4 is 10.6 Å². The van der Waals surface area contributed by atoms with E-state index in [0.717, 1.165) is 29.7 Å². The fourth-order valence-electron chi connectivity index (χ4n) is 3.82. The molecule has 8 heteroatoms. The Morgan fingerprint density at radius 2 is 1.51 bits per heavy atom. The molecule has 1 aromatic heterocycles. The first-order valence-electron chi connectivity index (χ1n) is 11.2. The van der Waals surface area contributed by atoms with E-state index in [9.17, 15) is 4.79 Å². The Morgan fingerprint density at radius 3 is 2.14 bits per heavy atom. The maximum Gasteiger partial charge on any atom is 0.323 e. The van der Waals surface area contributed by atoms with E-state index in [0.29, 0.717) is 43.4 Å². The average molecular weight is 526 g/mol. The van der Waals surface area contributed by atoms with Crippen LogP contribution in [0.4, 0.5) is 16.2 Å². The zero-order valence-electron chi connectivity index (χ0n) is 19.2. The van der Waals surface area contributed by atoms with E-state index in [2.05, 4.69) is 29.5 Å². The molecule has 0 aliphatic carbocycles. The van der Waals surface area contributed by atoms with E-state index in [-0.39, 0.29) is 0 Å². The Labute approximate surface area is 219 Å². The van der Waals surface area contributed by atoms with Gasteiger partial charge in [0.25, 0.3) is 0 Å². The number of nitrogens with one attached hydrogen (secondary N) is 2. The van der Waals surface area contributed by atoms with Gasteiger partial charge in [0.15, 0.2) is 5.82 Å². The average Bonchev–Trinajstić information content (AvgIpc) is 2.84. The zero-order chi connectivity index (χ0) is 24.9. The van der Waals surface area contributed by atoms with Crippen molar-refractivity contribution in [2.24, 2.45) is 0 Å². The lowest BCUT2D eigenvalue weighted by molar-refractivity contribution is 0.262. The molecule has 0 radical (unpaired) electrons. The number of amides is 2. The van der Waals surface area contributed by atoms with Crippen molar-refractivity contribution in [2.75, 3.05) is 10.6 Å². The van der Waals surface area contributed by atoms with E-state index in [4.69, 9.17) is 39.8 Å². The number of halogens is 3. The number of nitrogens with zero attached hydrogens (tertiary/aromatic N) is 2. The van der Waals surface area contributed by atoms with Gasteiger partial charge in [-0.05, 0) is 48.2 Å². The molecule has 0 aliphatic rings. The lowest BCUT2D eigenvalue weighted by Crippen LogP contribution is -2.22. The SMILES string of the molecule is CCc1cccc(CC)c1NC(=O)Nc1cnc(-c2cc(Cl)cc(Cl)c2)nc1-c1ccccc1Cl. The molecule has 5 nitrogen and oxygen atoms in total. The van der Waals surface area contributed by atoms with Crippen LogP contribution >= 0.6 is 34.8 Å². The van der Waals surface area contributed by atoms with Gasteiger partial charge in [-0.2, -0.15) is 0 Å². The largest absolute Gasteiger partial charge is 0.323 e.